The number of Topliss-reactive ketones (excluding diaryl/α,β-unsaturated/α-hetero) is 1. The third-order valence-corrected chi connectivity index (χ3v) is 26.6. The zero-order valence-electron chi connectivity index (χ0n) is 61.5. The molecule has 630 valence electrons. The number of aliphatic hydroxyl groups excluding tert-OH is 22. The molecule has 8 saturated heterocycles. The van der Waals surface area contributed by atoms with Crippen LogP contribution in [0.3, 0.4) is 0 Å². The topological polar surface area (TPSA) is 610 Å². The molecule has 8 heterocycles. The van der Waals surface area contributed by atoms with Crippen LogP contribution in [0, 0.1) is 52.3 Å². The molecule has 109 heavy (non-hydrogen) atoms. The number of rotatable bonds is 25. The second kappa shape index (κ2) is 35.0. The van der Waals surface area contributed by atoms with Gasteiger partial charge in [-0.1, -0.05) is 27.7 Å². The van der Waals surface area contributed by atoms with Crippen molar-refractivity contribution >= 4 is 5.78 Å². The summed E-state index contributed by atoms with van der Waals surface area (Å²) in [7, 11) is 1.60. The third kappa shape index (κ3) is 16.0. The number of hydrogen-bond donors (Lipinski definition) is 22. The van der Waals surface area contributed by atoms with Gasteiger partial charge in [-0.2, -0.15) is 0 Å². The number of carbonyl (C=O) groups is 1. The Labute approximate surface area is 627 Å². The van der Waals surface area contributed by atoms with Gasteiger partial charge in [-0.3, -0.25) is 4.79 Å². The van der Waals surface area contributed by atoms with Crippen LogP contribution in [0.5, 0.6) is 0 Å². The van der Waals surface area contributed by atoms with E-state index < -0.39 is 277 Å². The van der Waals surface area contributed by atoms with Crippen LogP contribution in [-0.2, 0) is 80.6 Å². The summed E-state index contributed by atoms with van der Waals surface area (Å²) in [4.78, 5) is 15.3. The molecule has 0 unspecified atom stereocenters. The summed E-state index contributed by atoms with van der Waals surface area (Å²) in [6, 6.07) is 0. The van der Waals surface area contributed by atoms with Gasteiger partial charge in [0.05, 0.1) is 64.6 Å². The van der Waals surface area contributed by atoms with Crippen molar-refractivity contribution in [3.05, 3.63) is 0 Å². The number of fused-ring (bicyclic) bond motifs is 7. The molecule has 12 aliphatic rings. The fourth-order valence-electron chi connectivity index (χ4n) is 20.0. The molecule has 4 saturated carbocycles. The normalized spacial score (nSPS) is 54.7. The molecule has 0 aromatic carbocycles. The average molecular weight is 1580 g/mol. The molecule has 47 atom stereocenters. The van der Waals surface area contributed by atoms with Gasteiger partial charge in [0.2, 0.25) is 0 Å². The molecule has 12 rings (SSSR count). The highest BCUT2D eigenvalue weighted by molar-refractivity contribution is 5.87. The Morgan fingerprint density at radius 2 is 0.881 bits per heavy atom. The maximum Gasteiger partial charge on any atom is 0.187 e. The fraction of sp³-hybridized carbons (Fsp3) is 0.986. The van der Waals surface area contributed by atoms with Gasteiger partial charge in [0, 0.05) is 37.2 Å². The second-order valence-electron chi connectivity index (χ2n) is 32.7. The first-order valence-electron chi connectivity index (χ1n) is 38.1. The number of ether oxygens (including phenoxy) is 16. The minimum Gasteiger partial charge on any atom is -0.394 e. The molecule has 39 nitrogen and oxygen atoms in total. The van der Waals surface area contributed by atoms with Crippen LogP contribution in [0.25, 0.3) is 0 Å². The van der Waals surface area contributed by atoms with E-state index in [1.165, 1.54) is 6.92 Å². The van der Waals surface area contributed by atoms with Crippen molar-refractivity contribution in [3.8, 4) is 0 Å². The Balaban J connectivity index is 0.748. The average Bonchev–Trinajstić information content (AvgIpc) is 1.53. The summed E-state index contributed by atoms with van der Waals surface area (Å²) in [5.74, 6) is -1.48. The molecule has 0 amide bonds. The van der Waals surface area contributed by atoms with E-state index in [9.17, 15) is 112 Å². The van der Waals surface area contributed by atoms with Crippen molar-refractivity contribution < 1.29 is 193 Å². The highest BCUT2D eigenvalue weighted by Crippen LogP contribution is 2.70. The molecule has 0 spiro atoms. The van der Waals surface area contributed by atoms with E-state index in [0.29, 0.717) is 51.4 Å². The summed E-state index contributed by atoms with van der Waals surface area (Å²) in [5.41, 5.74) is -1.17. The molecular formula is C70H116O39. The Bertz CT molecular complexity index is 2930. The lowest BCUT2D eigenvalue weighted by molar-refractivity contribution is -0.405. The molecular weight excluding hydrogens is 1460 g/mol. The van der Waals surface area contributed by atoms with Crippen molar-refractivity contribution in [2.45, 2.75) is 325 Å². The van der Waals surface area contributed by atoms with Gasteiger partial charge in [-0.15, -0.1) is 0 Å². The van der Waals surface area contributed by atoms with Crippen LogP contribution < -0.4 is 0 Å². The highest BCUT2D eigenvalue weighted by Gasteiger charge is 2.72. The Morgan fingerprint density at radius 1 is 0.440 bits per heavy atom. The van der Waals surface area contributed by atoms with Crippen molar-refractivity contribution in [1.29, 1.82) is 0 Å². The van der Waals surface area contributed by atoms with Crippen molar-refractivity contribution in [2.75, 3.05) is 53.4 Å². The Morgan fingerprint density at radius 3 is 1.41 bits per heavy atom. The second-order valence-corrected chi connectivity index (χ2v) is 32.7. The summed E-state index contributed by atoms with van der Waals surface area (Å²) < 4.78 is 96.8. The minimum atomic E-state index is -2.24. The summed E-state index contributed by atoms with van der Waals surface area (Å²) >= 11 is 0. The molecule has 22 N–H and O–H groups in total. The largest absolute Gasteiger partial charge is 0.394 e. The van der Waals surface area contributed by atoms with Crippen LogP contribution in [0.2, 0.25) is 0 Å². The number of hydrogen-bond acceptors (Lipinski definition) is 39. The zero-order chi connectivity index (χ0) is 79.1. The number of ketones is 1. The van der Waals surface area contributed by atoms with Gasteiger partial charge in [0.1, 0.15) is 171 Å². The van der Waals surface area contributed by atoms with Gasteiger partial charge in [-0.25, -0.2) is 0 Å². The lowest BCUT2D eigenvalue weighted by Gasteiger charge is -2.60. The molecule has 0 aromatic rings. The smallest absolute Gasteiger partial charge is 0.187 e. The predicted molar refractivity (Wildman–Crippen MR) is 353 cm³/mol. The van der Waals surface area contributed by atoms with Crippen LogP contribution in [0.15, 0.2) is 0 Å². The van der Waals surface area contributed by atoms with Crippen LogP contribution in [-0.4, -0.2) is 404 Å². The first kappa shape index (κ1) is 86.5. The van der Waals surface area contributed by atoms with Gasteiger partial charge < -0.3 is 188 Å². The van der Waals surface area contributed by atoms with E-state index in [0.717, 1.165) is 6.42 Å². The molecule has 0 aromatic heterocycles. The summed E-state index contributed by atoms with van der Waals surface area (Å²) in [5, 5.41) is 240. The quantitative estimate of drug-likeness (QED) is 0.0378. The zero-order valence-corrected chi connectivity index (χ0v) is 61.5. The summed E-state index contributed by atoms with van der Waals surface area (Å²) in [6.07, 6.45) is -60.2. The third-order valence-electron chi connectivity index (χ3n) is 26.6. The molecule has 0 bridgehead atoms. The molecule has 12 fully saturated rings. The predicted octanol–water partition coefficient (Wildman–Crippen LogP) is -9.62. The van der Waals surface area contributed by atoms with E-state index in [2.05, 4.69) is 20.8 Å². The molecule has 0 radical (unpaired) electrons. The molecule has 39 heteroatoms. The Kier molecular flexibility index (Phi) is 27.8. The van der Waals surface area contributed by atoms with E-state index in [1.54, 1.807) is 7.11 Å². The SMILES string of the molecule is CO[C@]1(CC[C@@H](C)CO[C@@H]2O[C@H](CO)[C@@H](O)[C@H](O)[C@H]2O)O[C@H]2C[C@H]3[C@@H]4CC[C@H]5C[C@@H](O[C@@H]6O[C@H](CO)[C@H](O[C@@H]7O[C@H](CO)[C@@H](O)[C@H](O[C@@H]8O[C@H](CO)[C@@H](O[C@@H]9O[C@@H](C)[C@H](O)[C@@H](O)[C@H]9O)[C@H](O)[C@H]8O)[C@H]7O)[C@H](O)[C@H]6O[C@@H]6O[C@H](CO)[C@@H](O)[C@H](O[C@@H]7O[C@H](CO)[C@@H](O)[C@H](O)[C@H]7O)[C@H]6O)CC[C@]5(C)[C@H]4CC(=O)[C@]3(C)[C@H]2[C@@H]1C. The Hall–Kier alpha value is -1.85. The number of carbonyl (C=O) groups excluding carboxylic acids is 1. The van der Waals surface area contributed by atoms with Crippen LogP contribution >= 0.6 is 0 Å². The first-order chi connectivity index (χ1) is 51.7. The number of aliphatic hydroxyl groups is 22. The van der Waals surface area contributed by atoms with Gasteiger partial charge in [0.15, 0.2) is 49.8 Å². The van der Waals surface area contributed by atoms with E-state index >= 15 is 4.79 Å². The van der Waals surface area contributed by atoms with Crippen LogP contribution in [0.1, 0.15) is 92.4 Å². The van der Waals surface area contributed by atoms with Gasteiger partial charge in [0.25, 0.3) is 0 Å². The van der Waals surface area contributed by atoms with Crippen molar-refractivity contribution in [3.63, 3.8) is 0 Å². The van der Waals surface area contributed by atoms with Gasteiger partial charge >= 0.3 is 0 Å². The minimum absolute atomic E-state index is 0.0334. The lowest BCUT2D eigenvalue weighted by atomic mass is 9.44. The highest BCUT2D eigenvalue weighted by atomic mass is 16.8. The monoisotopic (exact) mass is 1580 g/mol. The van der Waals surface area contributed by atoms with E-state index in [1.807, 2.05) is 6.92 Å². The lowest BCUT2D eigenvalue weighted by Crippen LogP contribution is -2.68. The number of methoxy groups -OCH3 is 1. The molecule has 4 aliphatic carbocycles. The van der Waals surface area contributed by atoms with Gasteiger partial charge in [-0.05, 0) is 86.9 Å². The van der Waals surface area contributed by atoms with Crippen LogP contribution in [0.4, 0.5) is 0 Å². The van der Waals surface area contributed by atoms with E-state index in [4.69, 9.17) is 75.8 Å². The van der Waals surface area contributed by atoms with E-state index in [-0.39, 0.29) is 59.9 Å². The standard InChI is InChI=1S/C70H116O39/c1-23(22-95-61-49(87)46(84)41(79)32(16-71)98-61)9-12-70(94-6)24(2)39-31(109-70)14-30-28-8-7-26-13-27(10-11-68(26,4)29(28)15-38(77)69(30,39)5)97-67-60(108-66-55(93)59(44(82)35(19-74)101-66)106-63-51(89)47(85)42(80)33(17-72)99-63)53(91)57(37(21-76)103-67)105-65-54(92)58(43(81)34(18-73)100-65)107-64-52(90)48(86)56(36(20-75)102-64)104-62-50(88)45(83)40(78)25(3)96-62/h23-37,39-67,71-76,78-93H,7-22H2,1-6H3/t23-,24+,25+,26+,27+,28-,29+,30+,31+,32-,33-,34-,35-,36-,37-,39+,40+,41-,42-,43-,44-,45-,46+,47+,48-,49-,50-,51-,52-,53+,54-,55-,56-,57+,58+,59+,60-,61-,62+,63+,64+,65+,66+,67-,68+,69-,70-/m1/s1. The summed E-state index contributed by atoms with van der Waals surface area (Å²) in [6.45, 7) is 4.27. The van der Waals surface area contributed by atoms with Crippen molar-refractivity contribution in [2.24, 2.45) is 52.3 Å². The maximum atomic E-state index is 15.3. The maximum absolute atomic E-state index is 15.3. The first-order valence-corrected chi connectivity index (χ1v) is 38.1. The molecule has 8 aliphatic heterocycles. The van der Waals surface area contributed by atoms with Crippen molar-refractivity contribution in [1.82, 2.24) is 0 Å². The fourth-order valence-corrected chi connectivity index (χ4v) is 20.0.